The first kappa shape index (κ1) is 63.4. The fourth-order valence-electron chi connectivity index (χ4n) is 8.25. The number of ether oxygens (including phenoxy) is 9. The Hall–Kier alpha value is -5.38. The van der Waals surface area contributed by atoms with Gasteiger partial charge in [0.2, 0.25) is 5.91 Å². The zero-order chi connectivity index (χ0) is 54.6. The molecule has 1 saturated carbocycles. The molecule has 21 heteroatoms. The van der Waals surface area contributed by atoms with E-state index in [-0.39, 0.29) is 33.6 Å². The minimum absolute atomic E-state index is 0. The van der Waals surface area contributed by atoms with Crippen LogP contribution in [0, 0.1) is 0 Å². The van der Waals surface area contributed by atoms with Crippen LogP contribution in [0.5, 0.6) is 23.0 Å². The fourth-order valence-corrected chi connectivity index (χ4v) is 8.55. The number of halogens is 1. The average Bonchev–Trinajstić information content (AvgIpc) is 4.04. The van der Waals surface area contributed by atoms with E-state index in [0.717, 1.165) is 58.3 Å². The first-order chi connectivity index (χ1) is 37.7. The molecule has 5 aromatic rings. The SMILES string of the molecule is CC.CC1(F)Oc2ccc(C3(C(=O)Nc4cccc(-c5ccc(OCCOCCOCCOCCOCCOCCOc6ccc(C7CCNCC7)cc6)cc5)n4)CC3)cc2O1.O=CCO.OSc1ccc2c(c1)NC[N-]2.[W]. The van der Waals surface area contributed by atoms with E-state index in [0.29, 0.717) is 140 Å². The Bertz CT molecular complexity index is 2530. The molecule has 1 saturated heterocycles. The van der Waals surface area contributed by atoms with Crippen LogP contribution in [-0.4, -0.2) is 139 Å². The number of aliphatic hydroxyl groups excluding tert-OH is 1. The number of piperidine rings is 1. The van der Waals surface area contributed by atoms with Crippen molar-refractivity contribution in [3.05, 3.63) is 120 Å². The largest absolute Gasteiger partial charge is 0.666 e. The van der Waals surface area contributed by atoms with Gasteiger partial charge in [-0.15, -0.1) is 5.69 Å². The Labute approximate surface area is 475 Å². The zero-order valence-electron chi connectivity index (χ0n) is 44.6. The summed E-state index contributed by atoms with van der Waals surface area (Å²) in [6, 6.07) is 30.1. The molecule has 18 nitrogen and oxygen atoms in total. The van der Waals surface area contributed by atoms with Crippen molar-refractivity contribution < 1.29 is 87.3 Å². The summed E-state index contributed by atoms with van der Waals surface area (Å²) < 4.78 is 72.9. The standard InChI is InChI=1S/C46H56FN3O10.C7H7N2OS.C2H4O2.C2H6.W/c1-45(47)59-41-14-9-37(33-42(41)60-45)46(17-18-46)44(51)50-43-4-2-3-40(49-43)36-7-12-39(13-8-36)58-32-30-56-28-26-54-24-22-52-21-23-53-25-27-55-29-31-57-38-10-5-34(6-11-38)35-15-19-48-20-16-35;10-11-5-1-2-6-7(3-5)9-4-8-6;3-1-2-4;1-2;/h2-14,33,35,48H,15-32H2,1H3,(H,49,50,51);1-3,9-10H,4H2;1,4H,2H2;1-2H3;/q;-1;;;. The van der Waals surface area contributed by atoms with Crippen molar-refractivity contribution in [1.29, 1.82) is 0 Å². The van der Waals surface area contributed by atoms with Gasteiger partial charge in [0.1, 0.15) is 36.8 Å². The van der Waals surface area contributed by atoms with E-state index < -0.39 is 11.5 Å². The normalized spacial score (nSPS) is 16.1. The fraction of sp³-hybridized carbons (Fsp3) is 0.456. The maximum absolute atomic E-state index is 14.2. The number of aliphatic hydroxyl groups is 1. The first-order valence-electron chi connectivity index (χ1n) is 26.2. The summed E-state index contributed by atoms with van der Waals surface area (Å²) in [7, 11) is 0. The van der Waals surface area contributed by atoms with Crippen molar-refractivity contribution in [1.82, 2.24) is 10.3 Å². The van der Waals surface area contributed by atoms with Crippen LogP contribution < -0.4 is 34.9 Å². The van der Waals surface area contributed by atoms with Crippen LogP contribution in [-0.2, 0) is 59.8 Å². The monoisotopic (exact) mass is 1270 g/mol. The molecule has 4 aliphatic rings. The number of pyridine rings is 1. The molecular weight excluding hydrogens is 1200 g/mol. The van der Waals surface area contributed by atoms with Gasteiger partial charge in [0.05, 0.1) is 83.8 Å². The van der Waals surface area contributed by atoms with Crippen molar-refractivity contribution in [2.24, 2.45) is 0 Å². The predicted octanol–water partition coefficient (Wildman–Crippen LogP) is 9.68. The third-order valence-corrected chi connectivity index (χ3v) is 12.7. The zero-order valence-corrected chi connectivity index (χ0v) is 48.3. The van der Waals surface area contributed by atoms with Crippen molar-refractivity contribution in [2.75, 3.05) is 116 Å². The molecule has 5 N–H and O–H groups in total. The topological polar surface area (TPSA) is 221 Å². The second kappa shape index (κ2) is 34.6. The summed E-state index contributed by atoms with van der Waals surface area (Å²) in [5.74, 6) is 3.11. The van der Waals surface area contributed by atoms with Gasteiger partial charge in [0, 0.05) is 56.2 Å². The van der Waals surface area contributed by atoms with E-state index in [2.05, 4.69) is 38.4 Å². The Balaban J connectivity index is 0.000000533. The Morgan fingerprint density at radius 3 is 1.87 bits per heavy atom. The average molecular weight is 1270 g/mol. The minimum Gasteiger partial charge on any atom is -0.666 e. The third kappa shape index (κ3) is 20.7. The third-order valence-electron chi connectivity index (χ3n) is 12.2. The predicted molar refractivity (Wildman–Crippen MR) is 294 cm³/mol. The Morgan fingerprint density at radius 2 is 1.32 bits per heavy atom. The number of carbonyl (C=O) groups excluding carboxylic acids is 2. The summed E-state index contributed by atoms with van der Waals surface area (Å²) >= 11 is 0.753. The van der Waals surface area contributed by atoms with Gasteiger partial charge >= 0.3 is 6.04 Å². The van der Waals surface area contributed by atoms with Crippen molar-refractivity contribution >= 4 is 41.4 Å². The van der Waals surface area contributed by atoms with Gasteiger partial charge in [-0.3, -0.25) is 4.79 Å². The molecule has 9 rings (SSSR count). The summed E-state index contributed by atoms with van der Waals surface area (Å²) in [4.78, 5) is 27.9. The second-order valence-corrected chi connectivity index (χ2v) is 18.3. The number of fused-ring (bicyclic) bond motifs is 2. The summed E-state index contributed by atoms with van der Waals surface area (Å²) in [5, 5.41) is 21.1. The molecule has 2 fully saturated rings. The molecule has 0 spiro atoms. The van der Waals surface area contributed by atoms with Crippen LogP contribution in [0.25, 0.3) is 16.6 Å². The Morgan fingerprint density at radius 1 is 0.769 bits per heavy atom. The quantitative estimate of drug-likeness (QED) is 0.0188. The number of nitrogens with one attached hydrogen (secondary N) is 3. The van der Waals surface area contributed by atoms with Gasteiger partial charge in [0.15, 0.2) is 11.5 Å². The number of aromatic nitrogens is 1. The summed E-state index contributed by atoms with van der Waals surface area (Å²) in [5.41, 5.74) is 4.99. The van der Waals surface area contributed by atoms with Gasteiger partial charge in [-0.05, 0) is 129 Å². The summed E-state index contributed by atoms with van der Waals surface area (Å²) in [6.45, 7) is 13.4. The summed E-state index contributed by atoms with van der Waals surface area (Å²) in [6.07, 6.45) is 4.15. The second-order valence-electron chi connectivity index (χ2n) is 17.6. The van der Waals surface area contributed by atoms with Gasteiger partial charge in [-0.25, -0.2) is 4.98 Å². The molecule has 4 aromatic carbocycles. The molecule has 1 aliphatic carbocycles. The number of alkyl halides is 1. The number of rotatable bonds is 27. The molecule has 1 amide bonds. The number of nitrogens with zero attached hydrogens (tertiary/aromatic N) is 2. The van der Waals surface area contributed by atoms with Crippen molar-refractivity contribution in [3.8, 4) is 34.3 Å². The van der Waals surface area contributed by atoms with Gasteiger partial charge in [-0.1, -0.05) is 50.8 Å². The van der Waals surface area contributed by atoms with Gasteiger partial charge < -0.3 is 78.4 Å². The number of carbonyl (C=O) groups is 2. The molecule has 1 unspecified atom stereocenters. The van der Waals surface area contributed by atoms with Crippen LogP contribution in [0.3, 0.4) is 0 Å². The van der Waals surface area contributed by atoms with Crippen LogP contribution >= 0.6 is 12.0 Å². The minimum atomic E-state index is -2.22. The number of amides is 1. The van der Waals surface area contributed by atoms with Crippen molar-refractivity contribution in [2.45, 2.75) is 68.7 Å². The molecule has 1 aromatic heterocycles. The molecule has 4 heterocycles. The van der Waals surface area contributed by atoms with E-state index >= 15 is 0 Å². The Kier molecular flexibility index (Phi) is 28.1. The number of aldehydes is 1. The molecule has 1 atom stereocenters. The maximum atomic E-state index is 14.2. The number of anilines is 2. The molecule has 78 heavy (non-hydrogen) atoms. The van der Waals surface area contributed by atoms with Crippen LogP contribution in [0.15, 0.2) is 108 Å². The number of hydrogen-bond donors (Lipinski definition) is 5. The smallest absolute Gasteiger partial charge is 0.404 e. The number of hydrogen-bond acceptors (Lipinski definition) is 17. The molecule has 0 bridgehead atoms. The maximum Gasteiger partial charge on any atom is 0.404 e. The first-order valence-corrected chi connectivity index (χ1v) is 26.9. The van der Waals surface area contributed by atoms with E-state index in [1.807, 2.05) is 80.6 Å². The van der Waals surface area contributed by atoms with Crippen molar-refractivity contribution in [3.63, 3.8) is 0 Å². The molecular formula is C57H73FN5O13SW-. The van der Waals surface area contributed by atoms with E-state index in [1.165, 1.54) is 25.3 Å². The molecule has 3 aliphatic heterocycles. The molecule has 0 radical (unpaired) electrons. The molecule has 424 valence electrons. The van der Waals surface area contributed by atoms with E-state index in [4.69, 9.17) is 57.1 Å². The van der Waals surface area contributed by atoms with Gasteiger partial charge in [0.25, 0.3) is 0 Å². The van der Waals surface area contributed by atoms with Crippen LogP contribution in [0.4, 0.5) is 21.6 Å². The number of benzene rings is 4. The van der Waals surface area contributed by atoms with Crippen LogP contribution in [0.1, 0.15) is 63.5 Å². The van der Waals surface area contributed by atoms with Crippen LogP contribution in [0.2, 0.25) is 0 Å². The van der Waals surface area contributed by atoms with E-state index in [9.17, 15) is 9.18 Å². The van der Waals surface area contributed by atoms with Gasteiger partial charge in [-0.2, -0.15) is 4.39 Å². The van der Waals surface area contributed by atoms with E-state index in [1.54, 1.807) is 24.3 Å².